The van der Waals surface area contributed by atoms with E-state index in [0.717, 1.165) is 4.90 Å². The highest BCUT2D eigenvalue weighted by atomic mass is 19.4. The van der Waals surface area contributed by atoms with Crippen molar-refractivity contribution in [3.63, 3.8) is 0 Å². The molecular formula is C18H25F3N4O4. The van der Waals surface area contributed by atoms with Crippen molar-refractivity contribution < 1.29 is 32.3 Å². The maximum absolute atomic E-state index is 13.1. The van der Waals surface area contributed by atoms with Gasteiger partial charge < -0.3 is 21.7 Å². The maximum Gasteiger partial charge on any atom is 0.471 e. The molecule has 1 saturated heterocycles. The van der Waals surface area contributed by atoms with Crippen LogP contribution in [0.4, 0.5) is 13.2 Å². The van der Waals surface area contributed by atoms with Crippen LogP contribution in [0.3, 0.4) is 0 Å². The van der Waals surface area contributed by atoms with Gasteiger partial charge in [0.25, 0.3) is 0 Å². The Morgan fingerprint density at radius 3 is 2.10 bits per heavy atom. The summed E-state index contributed by atoms with van der Waals surface area (Å²) < 4.78 is 38.1. The second-order valence-electron chi connectivity index (χ2n) is 8.91. The van der Waals surface area contributed by atoms with Crippen LogP contribution in [-0.4, -0.2) is 53.3 Å². The van der Waals surface area contributed by atoms with E-state index in [1.54, 1.807) is 12.2 Å². The normalized spacial score (nSPS) is 32.1. The van der Waals surface area contributed by atoms with E-state index < -0.39 is 64.6 Å². The number of halogens is 3. The molecule has 0 spiro atoms. The van der Waals surface area contributed by atoms with E-state index in [1.807, 2.05) is 13.8 Å². The minimum Gasteiger partial charge on any atom is -0.369 e. The van der Waals surface area contributed by atoms with Gasteiger partial charge in [0.1, 0.15) is 12.1 Å². The number of carbonyl (C=O) groups is 4. The number of fused-ring (bicyclic) bond motifs is 1. The Morgan fingerprint density at radius 2 is 1.69 bits per heavy atom. The molecule has 3 rings (SSSR count). The maximum atomic E-state index is 13.1. The summed E-state index contributed by atoms with van der Waals surface area (Å²) in [5.74, 6) is -5.96. The van der Waals surface area contributed by atoms with Crippen LogP contribution in [0.25, 0.3) is 0 Å². The SMILES string of the molecule is C[C@H](C(N)=O)C12C(C(N)=O)N(C(=O)[C@@H](NC(=O)C(F)(F)F)C3CC3)CC1C2(C)C. The number of primary amides is 2. The van der Waals surface area contributed by atoms with Gasteiger partial charge in [0.15, 0.2) is 0 Å². The van der Waals surface area contributed by atoms with Gasteiger partial charge in [-0.2, -0.15) is 13.2 Å². The Morgan fingerprint density at radius 1 is 1.14 bits per heavy atom. The summed E-state index contributed by atoms with van der Waals surface area (Å²) in [6.45, 7) is 5.32. The topological polar surface area (TPSA) is 136 Å². The standard InChI is InChI=1S/C18H25F3N4O4/c1-7(12(22)26)17-9(16(17,2)3)6-25(11(17)13(23)27)14(28)10(8-4-5-8)24-15(29)18(19,20)21/h7-11H,4-6H2,1-3H3,(H2,22,26)(H2,23,27)(H,24,29)/t7-,9?,10+,11?,17?/m1/s1. The molecule has 3 fully saturated rings. The van der Waals surface area contributed by atoms with Crippen molar-refractivity contribution in [1.29, 1.82) is 0 Å². The van der Waals surface area contributed by atoms with E-state index in [0.29, 0.717) is 12.8 Å². The number of hydrogen-bond donors (Lipinski definition) is 3. The number of nitrogens with one attached hydrogen (secondary N) is 1. The van der Waals surface area contributed by atoms with Gasteiger partial charge in [-0.1, -0.05) is 20.8 Å². The molecule has 11 heteroatoms. The molecular weight excluding hydrogens is 393 g/mol. The second kappa shape index (κ2) is 6.33. The van der Waals surface area contributed by atoms with Gasteiger partial charge in [-0.3, -0.25) is 19.2 Å². The highest BCUT2D eigenvalue weighted by Gasteiger charge is 2.83. The summed E-state index contributed by atoms with van der Waals surface area (Å²) in [4.78, 5) is 50.0. The smallest absolute Gasteiger partial charge is 0.369 e. The van der Waals surface area contributed by atoms with Crippen LogP contribution in [0.5, 0.6) is 0 Å². The minimum absolute atomic E-state index is 0.0577. The fourth-order valence-electron chi connectivity index (χ4n) is 5.57. The third kappa shape index (κ3) is 2.96. The number of rotatable bonds is 6. The Hall–Kier alpha value is -2.33. The van der Waals surface area contributed by atoms with Crippen LogP contribution in [0, 0.1) is 28.6 Å². The highest BCUT2D eigenvalue weighted by Crippen LogP contribution is 2.78. The van der Waals surface area contributed by atoms with Crippen molar-refractivity contribution in [1.82, 2.24) is 10.2 Å². The van der Waals surface area contributed by atoms with E-state index in [-0.39, 0.29) is 12.5 Å². The average Bonchev–Trinajstić information content (AvgIpc) is 3.44. The number of nitrogens with two attached hydrogens (primary N) is 2. The molecule has 8 nitrogen and oxygen atoms in total. The number of alkyl halides is 3. The Kier molecular flexibility index (Phi) is 4.67. The van der Waals surface area contributed by atoms with Gasteiger partial charge in [0, 0.05) is 17.9 Å². The van der Waals surface area contributed by atoms with Crippen LogP contribution >= 0.6 is 0 Å². The van der Waals surface area contributed by atoms with E-state index in [1.165, 1.54) is 0 Å². The van der Waals surface area contributed by atoms with Crippen molar-refractivity contribution in [2.75, 3.05) is 6.54 Å². The third-order valence-corrected chi connectivity index (χ3v) is 7.22. The summed E-state index contributed by atoms with van der Waals surface area (Å²) in [5.41, 5.74) is 9.59. The number of hydrogen-bond acceptors (Lipinski definition) is 4. The Bertz CT molecular complexity index is 780. The van der Waals surface area contributed by atoms with E-state index >= 15 is 0 Å². The molecule has 3 unspecified atom stereocenters. The van der Waals surface area contributed by atoms with Gasteiger partial charge in [-0.05, 0) is 30.1 Å². The monoisotopic (exact) mass is 418 g/mol. The van der Waals surface area contributed by atoms with Crippen molar-refractivity contribution in [3.05, 3.63) is 0 Å². The predicted molar refractivity (Wildman–Crippen MR) is 93.5 cm³/mol. The number of likely N-dealkylation sites (tertiary alicyclic amines) is 1. The third-order valence-electron chi connectivity index (χ3n) is 7.22. The average molecular weight is 418 g/mol. The Balaban J connectivity index is 1.92. The molecule has 2 aliphatic carbocycles. The largest absolute Gasteiger partial charge is 0.471 e. The zero-order valence-electron chi connectivity index (χ0n) is 16.4. The summed E-state index contributed by atoms with van der Waals surface area (Å²) in [7, 11) is 0. The van der Waals surface area contributed by atoms with Gasteiger partial charge in [-0.15, -0.1) is 0 Å². The molecule has 0 aromatic carbocycles. The van der Waals surface area contributed by atoms with Crippen molar-refractivity contribution >= 4 is 23.6 Å². The number of carbonyl (C=O) groups excluding carboxylic acids is 4. The molecule has 29 heavy (non-hydrogen) atoms. The lowest BCUT2D eigenvalue weighted by atomic mass is 9.76. The van der Waals surface area contributed by atoms with Gasteiger partial charge in [-0.25, -0.2) is 0 Å². The minimum atomic E-state index is -5.13. The first-order valence-corrected chi connectivity index (χ1v) is 9.45. The predicted octanol–water partition coefficient (Wildman–Crippen LogP) is -0.0966. The highest BCUT2D eigenvalue weighted by molar-refractivity contribution is 5.95. The van der Waals surface area contributed by atoms with Crippen LogP contribution in [0.1, 0.15) is 33.6 Å². The molecule has 1 aliphatic heterocycles. The lowest BCUT2D eigenvalue weighted by Crippen LogP contribution is -2.59. The summed E-state index contributed by atoms with van der Waals surface area (Å²) in [6.07, 6.45) is -4.16. The molecule has 162 valence electrons. The van der Waals surface area contributed by atoms with E-state index in [9.17, 15) is 32.3 Å². The first-order chi connectivity index (χ1) is 13.2. The first kappa shape index (κ1) is 21.4. The van der Waals surface area contributed by atoms with E-state index in [2.05, 4.69) is 0 Å². The van der Waals surface area contributed by atoms with E-state index in [4.69, 9.17) is 11.5 Å². The fourth-order valence-corrected chi connectivity index (χ4v) is 5.57. The lowest BCUT2D eigenvalue weighted by molar-refractivity contribution is -0.175. The molecule has 0 aromatic rings. The molecule has 1 heterocycles. The zero-order valence-corrected chi connectivity index (χ0v) is 16.4. The van der Waals surface area contributed by atoms with Crippen molar-refractivity contribution in [2.45, 2.75) is 51.9 Å². The van der Waals surface area contributed by atoms with Gasteiger partial charge >= 0.3 is 12.1 Å². The van der Waals surface area contributed by atoms with Crippen LogP contribution in [0.2, 0.25) is 0 Å². The summed E-state index contributed by atoms with van der Waals surface area (Å²) in [5, 5.41) is 1.77. The second-order valence-corrected chi connectivity index (χ2v) is 8.91. The first-order valence-electron chi connectivity index (χ1n) is 9.45. The zero-order chi connectivity index (χ0) is 22.1. The van der Waals surface area contributed by atoms with Crippen LogP contribution in [0.15, 0.2) is 0 Å². The van der Waals surface area contributed by atoms with Crippen molar-refractivity contribution in [2.24, 2.45) is 40.1 Å². The quantitative estimate of drug-likeness (QED) is 0.555. The molecule has 5 atom stereocenters. The van der Waals surface area contributed by atoms with Crippen molar-refractivity contribution in [3.8, 4) is 0 Å². The number of piperidine rings is 1. The van der Waals surface area contributed by atoms with Gasteiger partial charge in [0.05, 0.1) is 0 Å². The molecule has 0 radical (unpaired) electrons. The molecule has 3 aliphatic rings. The lowest BCUT2D eigenvalue weighted by Gasteiger charge is -2.38. The molecule has 5 N–H and O–H groups in total. The fraction of sp³-hybridized carbons (Fsp3) is 0.778. The Labute approximate surface area is 165 Å². The van der Waals surface area contributed by atoms with Crippen LogP contribution < -0.4 is 16.8 Å². The molecule has 2 saturated carbocycles. The van der Waals surface area contributed by atoms with Crippen LogP contribution in [-0.2, 0) is 19.2 Å². The molecule has 0 aromatic heterocycles. The molecule has 4 amide bonds. The summed E-state index contributed by atoms with van der Waals surface area (Å²) >= 11 is 0. The van der Waals surface area contributed by atoms with Gasteiger partial charge in [0.2, 0.25) is 17.7 Å². The number of amides is 4. The summed E-state index contributed by atoms with van der Waals surface area (Å²) in [6, 6.07) is -2.59. The number of nitrogens with zero attached hydrogens (tertiary/aromatic N) is 1. The molecule has 0 bridgehead atoms.